The Morgan fingerprint density at radius 3 is 2.43 bits per heavy atom. The molecule has 0 spiro atoms. The van der Waals surface area contributed by atoms with E-state index in [4.69, 9.17) is 4.42 Å². The van der Waals surface area contributed by atoms with Crippen molar-refractivity contribution < 1.29 is 19.0 Å². The molecule has 0 radical (unpaired) electrons. The van der Waals surface area contributed by atoms with Crippen LogP contribution in [0.25, 0.3) is 11.3 Å². The van der Waals surface area contributed by atoms with E-state index in [1.54, 1.807) is 17.0 Å². The first-order valence-corrected chi connectivity index (χ1v) is 7.72. The predicted octanol–water partition coefficient (Wildman–Crippen LogP) is 1.07. The average Bonchev–Trinajstić information content (AvgIpc) is 2.97. The molecular formula is C17H25FN2O+2. The third-order valence-corrected chi connectivity index (χ3v) is 3.84. The molecule has 4 heteroatoms. The van der Waals surface area contributed by atoms with Crippen LogP contribution in [0, 0.1) is 5.82 Å². The maximum Gasteiger partial charge on any atom is 0.158 e. The molecule has 0 bridgehead atoms. The van der Waals surface area contributed by atoms with Gasteiger partial charge in [0, 0.05) is 5.56 Å². The summed E-state index contributed by atoms with van der Waals surface area (Å²) < 4.78 is 18.7. The molecule has 2 aromatic rings. The average molecular weight is 292 g/mol. The van der Waals surface area contributed by atoms with Crippen molar-refractivity contribution in [2.45, 2.75) is 20.4 Å². The second-order valence-corrected chi connectivity index (χ2v) is 5.26. The van der Waals surface area contributed by atoms with Gasteiger partial charge in [0.05, 0.1) is 13.1 Å². The summed E-state index contributed by atoms with van der Waals surface area (Å²) >= 11 is 0. The summed E-state index contributed by atoms with van der Waals surface area (Å²) in [5.41, 5.74) is 0.912. The molecule has 0 unspecified atom stereocenters. The van der Waals surface area contributed by atoms with Crippen LogP contribution in [0.4, 0.5) is 4.39 Å². The molecule has 0 saturated heterocycles. The minimum atomic E-state index is -0.224. The van der Waals surface area contributed by atoms with Crippen LogP contribution in [0.5, 0.6) is 0 Å². The molecule has 1 aromatic carbocycles. The Morgan fingerprint density at radius 1 is 1.05 bits per heavy atom. The van der Waals surface area contributed by atoms with Gasteiger partial charge in [0.1, 0.15) is 31.2 Å². The van der Waals surface area contributed by atoms with Crippen LogP contribution < -0.4 is 10.2 Å². The zero-order valence-corrected chi connectivity index (χ0v) is 12.9. The highest BCUT2D eigenvalue weighted by atomic mass is 19.1. The SMILES string of the molecule is CC[NH+](CC)CC[NH2+]Cc1ccc(-c2ccc(F)cc2)o1. The van der Waals surface area contributed by atoms with Crippen LogP contribution in [-0.2, 0) is 6.54 Å². The molecule has 0 aliphatic rings. The van der Waals surface area contributed by atoms with Gasteiger partial charge in [-0.3, -0.25) is 0 Å². The van der Waals surface area contributed by atoms with Gasteiger partial charge in [-0.05, 0) is 50.2 Å². The molecular weight excluding hydrogens is 267 g/mol. The molecule has 0 aliphatic heterocycles. The number of nitrogens with one attached hydrogen (secondary N) is 1. The van der Waals surface area contributed by atoms with E-state index < -0.39 is 0 Å². The summed E-state index contributed by atoms with van der Waals surface area (Å²) in [4.78, 5) is 1.62. The van der Waals surface area contributed by atoms with Crippen molar-refractivity contribution in [1.82, 2.24) is 0 Å². The van der Waals surface area contributed by atoms with Gasteiger partial charge in [0.2, 0.25) is 0 Å². The molecule has 0 fully saturated rings. The number of furan rings is 1. The van der Waals surface area contributed by atoms with Crippen LogP contribution in [0.1, 0.15) is 19.6 Å². The molecule has 0 amide bonds. The predicted molar refractivity (Wildman–Crippen MR) is 81.5 cm³/mol. The lowest BCUT2D eigenvalue weighted by molar-refractivity contribution is -0.910. The fraction of sp³-hybridized carbons (Fsp3) is 0.412. The van der Waals surface area contributed by atoms with Crippen molar-refractivity contribution in [3.05, 3.63) is 48.0 Å². The molecule has 0 saturated carbocycles. The molecule has 0 atom stereocenters. The number of nitrogens with two attached hydrogens (primary N) is 1. The highest BCUT2D eigenvalue weighted by molar-refractivity contribution is 5.57. The van der Waals surface area contributed by atoms with E-state index in [1.807, 2.05) is 12.1 Å². The van der Waals surface area contributed by atoms with Gasteiger partial charge in [-0.15, -0.1) is 0 Å². The number of benzene rings is 1. The van der Waals surface area contributed by atoms with E-state index in [2.05, 4.69) is 19.2 Å². The van der Waals surface area contributed by atoms with Crippen molar-refractivity contribution in [2.24, 2.45) is 0 Å². The summed E-state index contributed by atoms with van der Waals surface area (Å²) in [6, 6.07) is 10.3. The van der Waals surface area contributed by atoms with Crippen LogP contribution in [-0.4, -0.2) is 26.2 Å². The van der Waals surface area contributed by atoms with Crippen molar-refractivity contribution >= 4 is 0 Å². The Bertz CT molecular complexity index is 532. The maximum atomic E-state index is 12.9. The van der Waals surface area contributed by atoms with E-state index in [0.29, 0.717) is 0 Å². The molecule has 114 valence electrons. The largest absolute Gasteiger partial charge is 0.455 e. The van der Waals surface area contributed by atoms with Gasteiger partial charge in [-0.1, -0.05) is 0 Å². The fourth-order valence-corrected chi connectivity index (χ4v) is 2.41. The van der Waals surface area contributed by atoms with Crippen molar-refractivity contribution in [2.75, 3.05) is 26.2 Å². The van der Waals surface area contributed by atoms with Crippen molar-refractivity contribution in [3.8, 4) is 11.3 Å². The fourth-order valence-electron chi connectivity index (χ4n) is 2.41. The number of hydrogen-bond acceptors (Lipinski definition) is 1. The lowest BCUT2D eigenvalue weighted by Gasteiger charge is -2.13. The van der Waals surface area contributed by atoms with Crippen LogP contribution in [0.3, 0.4) is 0 Å². The summed E-state index contributed by atoms with van der Waals surface area (Å²) in [7, 11) is 0. The summed E-state index contributed by atoms with van der Waals surface area (Å²) in [5, 5.41) is 2.28. The lowest BCUT2D eigenvalue weighted by Crippen LogP contribution is -3.14. The number of likely N-dealkylation sites (N-methyl/N-ethyl adjacent to an activating group) is 1. The third kappa shape index (κ3) is 4.69. The number of quaternary nitrogens is 2. The molecule has 21 heavy (non-hydrogen) atoms. The molecule has 0 aliphatic carbocycles. The van der Waals surface area contributed by atoms with Gasteiger partial charge in [0.25, 0.3) is 0 Å². The Balaban J connectivity index is 1.82. The van der Waals surface area contributed by atoms with Gasteiger partial charge < -0.3 is 14.6 Å². The summed E-state index contributed by atoms with van der Waals surface area (Å²) in [5.74, 6) is 1.54. The second-order valence-electron chi connectivity index (χ2n) is 5.26. The highest BCUT2D eigenvalue weighted by Crippen LogP contribution is 2.21. The van der Waals surface area contributed by atoms with Gasteiger partial charge in [-0.25, -0.2) is 4.39 Å². The standard InChI is InChI=1S/C17H23FN2O/c1-3-20(4-2)12-11-19-13-16-9-10-17(21-16)14-5-7-15(18)8-6-14/h5-10,19H,3-4,11-13H2,1-2H3/p+2. The Labute approximate surface area is 125 Å². The molecule has 3 N–H and O–H groups in total. The van der Waals surface area contributed by atoms with E-state index in [9.17, 15) is 4.39 Å². The zero-order chi connectivity index (χ0) is 15.1. The normalized spacial score (nSPS) is 11.2. The Kier molecular flexibility index (Phi) is 5.96. The van der Waals surface area contributed by atoms with E-state index in [1.165, 1.54) is 31.8 Å². The Hall–Kier alpha value is -1.65. The smallest absolute Gasteiger partial charge is 0.158 e. The van der Waals surface area contributed by atoms with Gasteiger partial charge >= 0.3 is 0 Å². The monoisotopic (exact) mass is 292 g/mol. The second kappa shape index (κ2) is 7.96. The highest BCUT2D eigenvalue weighted by Gasteiger charge is 2.07. The van der Waals surface area contributed by atoms with Crippen LogP contribution in [0.2, 0.25) is 0 Å². The zero-order valence-electron chi connectivity index (χ0n) is 12.9. The van der Waals surface area contributed by atoms with Gasteiger partial charge in [-0.2, -0.15) is 0 Å². The topological polar surface area (TPSA) is 34.2 Å². The van der Waals surface area contributed by atoms with Crippen molar-refractivity contribution in [1.29, 1.82) is 0 Å². The van der Waals surface area contributed by atoms with Gasteiger partial charge in [0.15, 0.2) is 5.76 Å². The van der Waals surface area contributed by atoms with E-state index in [-0.39, 0.29) is 5.82 Å². The quantitative estimate of drug-likeness (QED) is 0.701. The first-order chi connectivity index (χ1) is 10.2. The first-order valence-electron chi connectivity index (χ1n) is 7.72. The minimum Gasteiger partial charge on any atom is -0.455 e. The molecule has 1 aromatic heterocycles. The van der Waals surface area contributed by atoms with Crippen molar-refractivity contribution in [3.63, 3.8) is 0 Å². The molecule has 3 nitrogen and oxygen atoms in total. The third-order valence-electron chi connectivity index (χ3n) is 3.84. The molecule has 2 rings (SSSR count). The summed E-state index contributed by atoms with van der Waals surface area (Å²) in [6.07, 6.45) is 0. The van der Waals surface area contributed by atoms with Crippen LogP contribution in [0.15, 0.2) is 40.8 Å². The van der Waals surface area contributed by atoms with E-state index in [0.717, 1.165) is 30.2 Å². The number of halogens is 1. The lowest BCUT2D eigenvalue weighted by atomic mass is 10.2. The van der Waals surface area contributed by atoms with Crippen LogP contribution >= 0.6 is 0 Å². The first kappa shape index (κ1) is 15.7. The number of rotatable bonds is 8. The number of hydrogen-bond donors (Lipinski definition) is 2. The van der Waals surface area contributed by atoms with E-state index >= 15 is 0 Å². The minimum absolute atomic E-state index is 0.224. The Morgan fingerprint density at radius 2 is 1.76 bits per heavy atom. The molecule has 1 heterocycles. The maximum absolute atomic E-state index is 12.9. The summed E-state index contributed by atoms with van der Waals surface area (Å²) in [6.45, 7) is 9.93.